The lowest BCUT2D eigenvalue weighted by Gasteiger charge is -2.29. The smallest absolute Gasteiger partial charge is 0.244 e. The Morgan fingerprint density at radius 1 is 1.28 bits per heavy atom. The van der Waals surface area contributed by atoms with Crippen molar-refractivity contribution in [2.45, 2.75) is 44.7 Å². The van der Waals surface area contributed by atoms with E-state index in [0.29, 0.717) is 19.4 Å². The molecule has 0 saturated heterocycles. The van der Waals surface area contributed by atoms with Crippen molar-refractivity contribution in [1.82, 2.24) is 30.8 Å². The number of nitrogens with zero attached hydrogens (tertiary/aromatic N) is 4. The summed E-state index contributed by atoms with van der Waals surface area (Å²) in [6.07, 6.45) is 4.27. The Morgan fingerprint density at radius 3 is 2.72 bits per heavy atom. The second-order valence-corrected chi connectivity index (χ2v) is 7.09. The number of carbonyl (C=O) groups is 2. The van der Waals surface area contributed by atoms with Crippen molar-refractivity contribution in [2.75, 3.05) is 13.2 Å². The van der Waals surface area contributed by atoms with Crippen molar-refractivity contribution in [3.05, 3.63) is 36.4 Å². The highest BCUT2D eigenvalue weighted by atomic mass is 19.1. The Balaban J connectivity index is 1.34. The molecular formula is C19H25FN6O3. The van der Waals surface area contributed by atoms with E-state index in [9.17, 15) is 14.0 Å². The van der Waals surface area contributed by atoms with Crippen LogP contribution in [-0.4, -0.2) is 51.2 Å². The molecule has 1 heterocycles. The minimum Gasteiger partial charge on any atom is -0.489 e. The molecule has 2 aromatic rings. The monoisotopic (exact) mass is 404 g/mol. The normalized spacial score (nSPS) is 19.9. The van der Waals surface area contributed by atoms with Gasteiger partial charge in [-0.25, -0.2) is 9.07 Å². The molecule has 1 fully saturated rings. The Labute approximate surface area is 168 Å². The van der Waals surface area contributed by atoms with Gasteiger partial charge < -0.3 is 15.4 Å². The molecular weight excluding hydrogens is 379 g/mol. The van der Waals surface area contributed by atoms with Crippen LogP contribution in [0.5, 0.6) is 5.75 Å². The average molecular weight is 404 g/mol. The zero-order chi connectivity index (χ0) is 20.6. The Bertz CT molecular complexity index is 808. The van der Waals surface area contributed by atoms with Crippen molar-refractivity contribution >= 4 is 11.8 Å². The highest BCUT2D eigenvalue weighted by molar-refractivity contribution is 5.80. The summed E-state index contributed by atoms with van der Waals surface area (Å²) in [6, 6.07) is 5.71. The number of benzene rings is 1. The number of nitrogens with one attached hydrogen (secondary N) is 2. The second kappa shape index (κ2) is 9.94. The molecule has 2 N–H and O–H groups in total. The van der Waals surface area contributed by atoms with Crippen LogP contribution in [0.15, 0.2) is 30.6 Å². The van der Waals surface area contributed by atoms with Crippen LogP contribution in [0.25, 0.3) is 0 Å². The van der Waals surface area contributed by atoms with E-state index in [0.717, 1.165) is 12.8 Å². The van der Waals surface area contributed by atoms with E-state index >= 15 is 0 Å². The van der Waals surface area contributed by atoms with Gasteiger partial charge in [-0.2, -0.15) is 0 Å². The SMILES string of the molecule is C[C@@H](C(=O)NC1CCC(C(=O)NCCOc2ccccc2F)CC1)n1cnnn1. The minimum atomic E-state index is -0.486. The van der Waals surface area contributed by atoms with Crippen LogP contribution < -0.4 is 15.4 Å². The van der Waals surface area contributed by atoms with Gasteiger partial charge in [-0.3, -0.25) is 9.59 Å². The zero-order valence-corrected chi connectivity index (χ0v) is 16.3. The van der Waals surface area contributed by atoms with Gasteiger partial charge in [0.15, 0.2) is 11.6 Å². The number of halogens is 1. The number of ether oxygens (including phenoxy) is 1. The van der Waals surface area contributed by atoms with E-state index in [1.807, 2.05) is 0 Å². The fourth-order valence-corrected chi connectivity index (χ4v) is 3.33. The summed E-state index contributed by atoms with van der Waals surface area (Å²) in [5, 5.41) is 16.6. The van der Waals surface area contributed by atoms with Crippen LogP contribution in [0.3, 0.4) is 0 Å². The third kappa shape index (κ3) is 5.72. The first-order chi connectivity index (χ1) is 14.0. The quantitative estimate of drug-likeness (QED) is 0.641. The number of hydrogen-bond donors (Lipinski definition) is 2. The Morgan fingerprint density at radius 2 is 2.03 bits per heavy atom. The molecule has 9 nitrogen and oxygen atoms in total. The third-order valence-electron chi connectivity index (χ3n) is 5.08. The van der Waals surface area contributed by atoms with Crippen molar-refractivity contribution < 1.29 is 18.7 Å². The summed E-state index contributed by atoms with van der Waals surface area (Å²) in [5.41, 5.74) is 0. The third-order valence-corrected chi connectivity index (χ3v) is 5.08. The maximum atomic E-state index is 13.5. The second-order valence-electron chi connectivity index (χ2n) is 7.09. The van der Waals surface area contributed by atoms with Gasteiger partial charge in [-0.15, -0.1) is 5.10 Å². The molecule has 1 aliphatic rings. The molecule has 156 valence electrons. The minimum absolute atomic E-state index is 0.0334. The number of amides is 2. The van der Waals surface area contributed by atoms with Gasteiger partial charge in [0.25, 0.3) is 0 Å². The van der Waals surface area contributed by atoms with Crippen molar-refractivity contribution in [1.29, 1.82) is 0 Å². The summed E-state index contributed by atoms with van der Waals surface area (Å²) in [7, 11) is 0. The zero-order valence-electron chi connectivity index (χ0n) is 16.3. The summed E-state index contributed by atoms with van der Waals surface area (Å²) < 4.78 is 20.2. The Hall–Kier alpha value is -3.04. The first-order valence-corrected chi connectivity index (χ1v) is 9.72. The molecule has 3 rings (SSSR count). The highest BCUT2D eigenvalue weighted by Gasteiger charge is 2.28. The molecule has 1 atom stereocenters. The first-order valence-electron chi connectivity index (χ1n) is 9.72. The molecule has 29 heavy (non-hydrogen) atoms. The lowest BCUT2D eigenvalue weighted by Crippen LogP contribution is -2.43. The first kappa shape index (κ1) is 20.7. The maximum Gasteiger partial charge on any atom is 0.244 e. The van der Waals surface area contributed by atoms with Crippen LogP contribution in [0.4, 0.5) is 4.39 Å². The summed E-state index contributed by atoms with van der Waals surface area (Å²) >= 11 is 0. The van der Waals surface area contributed by atoms with Crippen molar-refractivity contribution in [3.8, 4) is 5.75 Å². The maximum absolute atomic E-state index is 13.5. The molecule has 1 saturated carbocycles. The van der Waals surface area contributed by atoms with Crippen LogP contribution in [0.1, 0.15) is 38.6 Å². The Kier molecular flexibility index (Phi) is 7.09. The number of aromatic nitrogens is 4. The van der Waals surface area contributed by atoms with E-state index in [4.69, 9.17) is 4.74 Å². The molecule has 0 radical (unpaired) electrons. The number of para-hydroxylation sites is 1. The van der Waals surface area contributed by atoms with Crippen molar-refractivity contribution in [2.24, 2.45) is 5.92 Å². The van der Waals surface area contributed by atoms with Crippen molar-refractivity contribution in [3.63, 3.8) is 0 Å². The molecule has 1 aliphatic carbocycles. The van der Waals surface area contributed by atoms with Crippen LogP contribution in [0, 0.1) is 11.7 Å². The number of tetrazole rings is 1. The summed E-state index contributed by atoms with van der Waals surface area (Å²) in [6.45, 7) is 2.24. The summed E-state index contributed by atoms with van der Waals surface area (Å²) in [4.78, 5) is 24.6. The molecule has 1 aromatic carbocycles. The fraction of sp³-hybridized carbons (Fsp3) is 0.526. The molecule has 1 aromatic heterocycles. The number of carbonyl (C=O) groups excluding carboxylic acids is 2. The molecule has 0 unspecified atom stereocenters. The van der Waals surface area contributed by atoms with Crippen LogP contribution in [-0.2, 0) is 9.59 Å². The number of hydrogen-bond acceptors (Lipinski definition) is 6. The molecule has 0 aliphatic heterocycles. The van der Waals surface area contributed by atoms with E-state index in [-0.39, 0.29) is 36.1 Å². The largest absolute Gasteiger partial charge is 0.489 e. The lowest BCUT2D eigenvalue weighted by atomic mass is 9.85. The molecule has 2 amide bonds. The lowest BCUT2D eigenvalue weighted by molar-refractivity contribution is -0.126. The molecule has 10 heteroatoms. The van der Waals surface area contributed by atoms with Gasteiger partial charge >= 0.3 is 0 Å². The van der Waals surface area contributed by atoms with E-state index in [2.05, 4.69) is 26.2 Å². The van der Waals surface area contributed by atoms with Gasteiger partial charge in [-0.1, -0.05) is 12.1 Å². The average Bonchev–Trinajstić information content (AvgIpc) is 3.27. The van der Waals surface area contributed by atoms with E-state index < -0.39 is 11.9 Å². The topological polar surface area (TPSA) is 111 Å². The standard InChI is InChI=1S/C19H25FN6O3/c1-13(26-12-22-24-25-26)18(27)23-15-8-6-14(7-9-15)19(28)21-10-11-29-17-5-3-2-4-16(17)20/h2-5,12-15H,6-11H2,1H3,(H,21,28)(H,23,27)/t13-,14?,15?/m0/s1. The highest BCUT2D eigenvalue weighted by Crippen LogP contribution is 2.25. The van der Waals surface area contributed by atoms with Gasteiger partial charge in [0.1, 0.15) is 19.0 Å². The molecule has 0 bridgehead atoms. The van der Waals surface area contributed by atoms with Gasteiger partial charge in [0, 0.05) is 12.0 Å². The van der Waals surface area contributed by atoms with Crippen LogP contribution >= 0.6 is 0 Å². The number of rotatable bonds is 8. The van der Waals surface area contributed by atoms with Gasteiger partial charge in [-0.05, 0) is 55.2 Å². The predicted octanol–water partition coefficient (Wildman–Crippen LogP) is 1.24. The van der Waals surface area contributed by atoms with E-state index in [1.54, 1.807) is 25.1 Å². The van der Waals surface area contributed by atoms with Crippen LogP contribution in [0.2, 0.25) is 0 Å². The molecule has 0 spiro atoms. The predicted molar refractivity (Wildman–Crippen MR) is 101 cm³/mol. The van der Waals surface area contributed by atoms with Gasteiger partial charge in [0.05, 0.1) is 6.54 Å². The van der Waals surface area contributed by atoms with E-state index in [1.165, 1.54) is 17.1 Å². The fourth-order valence-electron chi connectivity index (χ4n) is 3.33. The van der Waals surface area contributed by atoms with Gasteiger partial charge in [0.2, 0.25) is 11.8 Å². The summed E-state index contributed by atoms with van der Waals surface area (Å²) in [5.74, 6) is -0.513.